The number of halogens is 1. The number of aromatic nitrogens is 2. The largest absolute Gasteiger partial charge is 0.328 e. The summed E-state index contributed by atoms with van der Waals surface area (Å²) in [5, 5.41) is 3.21. The zero-order valence-corrected chi connectivity index (χ0v) is 16.1. The van der Waals surface area contributed by atoms with Gasteiger partial charge in [-0.1, -0.05) is 17.7 Å². The van der Waals surface area contributed by atoms with E-state index in [-0.39, 0.29) is 10.9 Å². The lowest BCUT2D eigenvalue weighted by atomic mass is 10.2. The van der Waals surface area contributed by atoms with Crippen LogP contribution < -0.4 is 11.0 Å². The van der Waals surface area contributed by atoms with E-state index >= 15 is 0 Å². The Kier molecular flexibility index (Phi) is 4.41. The van der Waals surface area contributed by atoms with Crippen molar-refractivity contribution in [1.82, 2.24) is 14.5 Å². The van der Waals surface area contributed by atoms with Crippen LogP contribution in [0, 0.1) is 0 Å². The summed E-state index contributed by atoms with van der Waals surface area (Å²) in [6.07, 6.45) is 1.88. The van der Waals surface area contributed by atoms with Crippen LogP contribution in [-0.2, 0) is 14.1 Å². The summed E-state index contributed by atoms with van der Waals surface area (Å²) >= 11 is 6.99. The van der Waals surface area contributed by atoms with Gasteiger partial charge in [0.25, 0.3) is 5.24 Å². The first-order chi connectivity index (χ1) is 12.9. The van der Waals surface area contributed by atoms with E-state index in [2.05, 4.69) is 10.3 Å². The van der Waals surface area contributed by atoms with E-state index in [9.17, 15) is 9.59 Å². The maximum Gasteiger partial charge on any atom is 0.328 e. The molecule has 8 heteroatoms. The molecule has 27 heavy (non-hydrogen) atoms. The summed E-state index contributed by atoms with van der Waals surface area (Å²) < 4.78 is 3.21. The average molecular weight is 399 g/mol. The van der Waals surface area contributed by atoms with Gasteiger partial charge in [0.2, 0.25) is 0 Å². The molecule has 0 bridgehead atoms. The van der Waals surface area contributed by atoms with Crippen molar-refractivity contribution in [3.63, 3.8) is 0 Å². The van der Waals surface area contributed by atoms with Crippen molar-refractivity contribution >= 4 is 57.2 Å². The van der Waals surface area contributed by atoms with Crippen LogP contribution >= 0.6 is 23.4 Å². The number of hydrogen-bond donors (Lipinski definition) is 1. The molecule has 0 spiro atoms. The Morgan fingerprint density at radius 2 is 1.74 bits per heavy atom. The fourth-order valence-electron chi connectivity index (χ4n) is 2.92. The van der Waals surface area contributed by atoms with Crippen molar-refractivity contribution in [1.29, 1.82) is 0 Å². The molecule has 0 unspecified atom stereocenters. The number of imidazole rings is 1. The van der Waals surface area contributed by atoms with Crippen LogP contribution in [0.3, 0.4) is 0 Å². The number of fused-ring (bicyclic) bond motifs is 1. The topological polar surface area (TPSA) is 68.4 Å². The van der Waals surface area contributed by atoms with E-state index in [4.69, 9.17) is 11.6 Å². The molecule has 1 N–H and O–H groups in total. The van der Waals surface area contributed by atoms with Crippen molar-refractivity contribution in [2.75, 3.05) is 0 Å². The normalized spacial score (nSPS) is 17.2. The maximum absolute atomic E-state index is 12.1. The number of amidine groups is 1. The fraction of sp³-hybridized carbons (Fsp3) is 0.105. The van der Waals surface area contributed by atoms with Crippen molar-refractivity contribution in [3.8, 4) is 0 Å². The summed E-state index contributed by atoms with van der Waals surface area (Å²) in [5.41, 5.74) is 3.19. The molecule has 1 amide bonds. The van der Waals surface area contributed by atoms with E-state index in [1.807, 2.05) is 24.3 Å². The van der Waals surface area contributed by atoms with Gasteiger partial charge >= 0.3 is 5.69 Å². The number of nitrogens with one attached hydrogen (secondary N) is 1. The number of aliphatic imine (C=N–C) groups is 1. The van der Waals surface area contributed by atoms with Crippen LogP contribution in [0.15, 0.2) is 57.2 Å². The van der Waals surface area contributed by atoms with Crippen LogP contribution in [0.25, 0.3) is 17.1 Å². The Balaban J connectivity index is 1.76. The molecule has 0 saturated carbocycles. The lowest BCUT2D eigenvalue weighted by molar-refractivity contribution is 0.265. The van der Waals surface area contributed by atoms with Crippen LogP contribution in [0.2, 0.25) is 5.02 Å². The summed E-state index contributed by atoms with van der Waals surface area (Å²) in [6.45, 7) is 0. The third-order valence-corrected chi connectivity index (χ3v) is 5.39. The molecule has 1 fully saturated rings. The highest BCUT2D eigenvalue weighted by atomic mass is 35.5. The molecule has 0 aliphatic carbocycles. The van der Waals surface area contributed by atoms with Crippen molar-refractivity contribution in [2.45, 2.75) is 0 Å². The third kappa shape index (κ3) is 3.31. The quantitative estimate of drug-likeness (QED) is 0.707. The van der Waals surface area contributed by atoms with E-state index in [0.717, 1.165) is 33.3 Å². The molecule has 1 aliphatic rings. The number of benzene rings is 2. The second kappa shape index (κ2) is 6.75. The smallest absolute Gasteiger partial charge is 0.300 e. The van der Waals surface area contributed by atoms with Gasteiger partial charge in [-0.2, -0.15) is 0 Å². The molecule has 1 saturated heterocycles. The minimum atomic E-state index is -0.179. The summed E-state index contributed by atoms with van der Waals surface area (Å²) in [5.74, 6) is 0.495. The second-order valence-corrected chi connectivity index (χ2v) is 7.56. The van der Waals surface area contributed by atoms with E-state index in [0.29, 0.717) is 16.5 Å². The number of aryl methyl sites for hydroxylation is 2. The first-order valence-corrected chi connectivity index (χ1v) is 9.32. The molecule has 0 radical (unpaired) electrons. The van der Waals surface area contributed by atoms with E-state index < -0.39 is 0 Å². The van der Waals surface area contributed by atoms with Crippen molar-refractivity contribution in [3.05, 3.63) is 68.4 Å². The minimum absolute atomic E-state index is 0.0770. The number of thioether (sulfide) groups is 1. The van der Waals surface area contributed by atoms with Gasteiger partial charge in [-0.25, -0.2) is 9.79 Å². The highest BCUT2D eigenvalue weighted by Gasteiger charge is 2.23. The highest BCUT2D eigenvalue weighted by molar-refractivity contribution is 8.18. The minimum Gasteiger partial charge on any atom is -0.300 e. The van der Waals surface area contributed by atoms with Crippen LogP contribution in [0.1, 0.15) is 5.56 Å². The molecule has 2 heterocycles. The number of amides is 1. The summed E-state index contributed by atoms with van der Waals surface area (Å²) in [6, 6.07) is 12.8. The Morgan fingerprint density at radius 3 is 2.48 bits per heavy atom. The van der Waals surface area contributed by atoms with Crippen LogP contribution in [0.5, 0.6) is 0 Å². The summed E-state index contributed by atoms with van der Waals surface area (Å²) in [7, 11) is 3.49. The predicted molar refractivity (Wildman–Crippen MR) is 111 cm³/mol. The van der Waals surface area contributed by atoms with Gasteiger partial charge in [0, 0.05) is 19.1 Å². The molecular weight excluding hydrogens is 384 g/mol. The Morgan fingerprint density at radius 1 is 1.04 bits per heavy atom. The second-order valence-electron chi connectivity index (χ2n) is 6.11. The van der Waals surface area contributed by atoms with E-state index in [1.165, 1.54) is 0 Å². The molecular formula is C19H15ClN4O2S. The zero-order valence-electron chi connectivity index (χ0n) is 14.6. The monoisotopic (exact) mass is 398 g/mol. The van der Waals surface area contributed by atoms with Crippen molar-refractivity contribution < 1.29 is 4.79 Å². The lowest BCUT2D eigenvalue weighted by Crippen LogP contribution is -2.19. The first kappa shape index (κ1) is 17.6. The fourth-order valence-corrected chi connectivity index (χ4v) is 3.78. The lowest BCUT2D eigenvalue weighted by Gasteiger charge is -2.02. The number of rotatable bonds is 2. The maximum atomic E-state index is 12.1. The predicted octanol–water partition coefficient (Wildman–Crippen LogP) is 4.06. The molecule has 4 rings (SSSR count). The molecule has 6 nitrogen and oxygen atoms in total. The molecule has 136 valence electrons. The standard InChI is InChI=1S/C19H15ClN4O2S/c1-23-14-8-3-11(9-15(14)24(2)19(23)26)10-16-17(22-18(25)27-16)21-13-6-4-12(20)5-7-13/h3-10H,1-2H3,(H,21,22,25)/b16-10-. The molecule has 1 aliphatic heterocycles. The number of carbonyl (C=O) groups excluding carboxylic acids is 1. The first-order valence-electron chi connectivity index (χ1n) is 8.13. The van der Waals surface area contributed by atoms with Gasteiger partial charge in [0.1, 0.15) is 5.84 Å². The number of nitrogens with zero attached hydrogens (tertiary/aromatic N) is 3. The zero-order chi connectivity index (χ0) is 19.1. The molecule has 0 atom stereocenters. The third-order valence-electron chi connectivity index (χ3n) is 4.32. The van der Waals surface area contributed by atoms with Gasteiger partial charge in [-0.15, -0.1) is 0 Å². The SMILES string of the molecule is Cn1c(=O)n(C)c2cc(/C=C3\SC(=O)NC3=Nc3ccc(Cl)cc3)ccc21. The van der Waals surface area contributed by atoms with Crippen LogP contribution in [-0.4, -0.2) is 20.2 Å². The van der Waals surface area contributed by atoms with Gasteiger partial charge in [-0.3, -0.25) is 13.9 Å². The van der Waals surface area contributed by atoms with Gasteiger partial charge in [0.05, 0.1) is 21.6 Å². The molecule has 3 aromatic rings. The number of carbonyl (C=O) groups is 1. The average Bonchev–Trinajstić information content (AvgIpc) is 3.09. The van der Waals surface area contributed by atoms with Gasteiger partial charge in [-0.05, 0) is 59.8 Å². The Labute approximate surface area is 164 Å². The summed E-state index contributed by atoms with van der Waals surface area (Å²) in [4.78, 5) is 29.2. The van der Waals surface area contributed by atoms with Gasteiger partial charge in [0.15, 0.2) is 0 Å². The van der Waals surface area contributed by atoms with Crippen LogP contribution in [0.4, 0.5) is 10.5 Å². The molecule has 1 aromatic heterocycles. The molecule has 2 aromatic carbocycles. The Hall–Kier alpha value is -2.77. The Bertz CT molecular complexity index is 1190. The highest BCUT2D eigenvalue weighted by Crippen LogP contribution is 2.29. The van der Waals surface area contributed by atoms with Gasteiger partial charge < -0.3 is 5.32 Å². The number of hydrogen-bond acceptors (Lipinski definition) is 4. The van der Waals surface area contributed by atoms with Crippen molar-refractivity contribution in [2.24, 2.45) is 19.1 Å². The van der Waals surface area contributed by atoms with E-state index in [1.54, 1.807) is 47.5 Å².